The molecule has 168 valence electrons. The number of amides is 1. The first kappa shape index (κ1) is 23.1. The SMILES string of the molecule is CCc1cccc(C)c1NC(=O)CSc1nnc(CSc2ccccc2)n1-c1ccccc1. The number of carbonyl (C=O) groups is 1. The van der Waals surface area contributed by atoms with E-state index in [0.717, 1.165) is 34.7 Å². The Labute approximate surface area is 203 Å². The molecule has 4 aromatic rings. The van der Waals surface area contributed by atoms with Crippen molar-refractivity contribution in [3.63, 3.8) is 0 Å². The number of nitrogens with zero attached hydrogens (tertiary/aromatic N) is 3. The molecule has 0 saturated heterocycles. The van der Waals surface area contributed by atoms with Gasteiger partial charge in [-0.1, -0.05) is 73.3 Å². The second-order valence-electron chi connectivity index (χ2n) is 7.47. The fourth-order valence-electron chi connectivity index (χ4n) is 3.50. The van der Waals surface area contributed by atoms with Gasteiger partial charge >= 0.3 is 0 Å². The third-order valence-electron chi connectivity index (χ3n) is 5.16. The number of benzene rings is 3. The van der Waals surface area contributed by atoms with Gasteiger partial charge in [0, 0.05) is 16.3 Å². The molecule has 3 aromatic carbocycles. The average Bonchev–Trinajstić information content (AvgIpc) is 3.26. The number of rotatable bonds is 9. The van der Waals surface area contributed by atoms with Crippen LogP contribution in [-0.4, -0.2) is 26.4 Å². The number of carbonyl (C=O) groups excluding carboxylic acids is 1. The second-order valence-corrected chi connectivity index (χ2v) is 9.46. The van der Waals surface area contributed by atoms with Crippen molar-refractivity contribution in [3.8, 4) is 5.69 Å². The van der Waals surface area contributed by atoms with Crippen molar-refractivity contribution in [2.45, 2.75) is 36.1 Å². The smallest absolute Gasteiger partial charge is 0.234 e. The van der Waals surface area contributed by atoms with Crippen LogP contribution in [0.25, 0.3) is 5.69 Å². The van der Waals surface area contributed by atoms with Crippen LogP contribution in [0.4, 0.5) is 5.69 Å². The molecule has 0 fully saturated rings. The first-order valence-corrected chi connectivity index (χ1v) is 12.8. The van der Waals surface area contributed by atoms with Gasteiger partial charge < -0.3 is 5.32 Å². The van der Waals surface area contributed by atoms with E-state index in [1.165, 1.54) is 16.7 Å². The molecule has 0 bridgehead atoms. The highest BCUT2D eigenvalue weighted by molar-refractivity contribution is 7.99. The van der Waals surface area contributed by atoms with Gasteiger partial charge in [-0.25, -0.2) is 0 Å². The molecule has 0 aliphatic rings. The van der Waals surface area contributed by atoms with E-state index in [2.05, 4.69) is 40.6 Å². The van der Waals surface area contributed by atoms with E-state index in [4.69, 9.17) is 0 Å². The maximum atomic E-state index is 12.8. The van der Waals surface area contributed by atoms with E-state index in [9.17, 15) is 4.79 Å². The van der Waals surface area contributed by atoms with Crippen molar-refractivity contribution in [1.82, 2.24) is 14.8 Å². The zero-order chi connectivity index (χ0) is 23.0. The van der Waals surface area contributed by atoms with Gasteiger partial charge in [-0.3, -0.25) is 9.36 Å². The van der Waals surface area contributed by atoms with Crippen molar-refractivity contribution in [3.05, 3.63) is 95.8 Å². The van der Waals surface area contributed by atoms with E-state index in [-0.39, 0.29) is 11.7 Å². The lowest BCUT2D eigenvalue weighted by molar-refractivity contribution is -0.113. The van der Waals surface area contributed by atoms with Gasteiger partial charge in [0.2, 0.25) is 5.91 Å². The number of anilines is 1. The molecule has 5 nitrogen and oxygen atoms in total. The second kappa shape index (κ2) is 11.2. The van der Waals surface area contributed by atoms with Crippen LogP contribution < -0.4 is 5.32 Å². The first-order chi connectivity index (χ1) is 16.2. The molecule has 0 aliphatic heterocycles. The van der Waals surface area contributed by atoms with Crippen LogP contribution in [0.15, 0.2) is 88.9 Å². The van der Waals surface area contributed by atoms with Gasteiger partial charge in [0.15, 0.2) is 5.16 Å². The van der Waals surface area contributed by atoms with Crippen molar-refractivity contribution < 1.29 is 4.79 Å². The van der Waals surface area contributed by atoms with Gasteiger partial charge in [0.05, 0.1) is 11.5 Å². The molecule has 1 heterocycles. The number of para-hydroxylation sites is 2. The van der Waals surface area contributed by atoms with Crippen LogP contribution in [0, 0.1) is 6.92 Å². The number of hydrogen-bond acceptors (Lipinski definition) is 5. The van der Waals surface area contributed by atoms with E-state index < -0.39 is 0 Å². The molecule has 1 amide bonds. The summed E-state index contributed by atoms with van der Waals surface area (Å²) < 4.78 is 2.04. The summed E-state index contributed by atoms with van der Waals surface area (Å²) in [7, 11) is 0. The van der Waals surface area contributed by atoms with Gasteiger partial charge in [-0.05, 0) is 48.7 Å². The molecular formula is C26H26N4OS2. The van der Waals surface area contributed by atoms with E-state index in [1.807, 2.05) is 72.2 Å². The lowest BCUT2D eigenvalue weighted by Crippen LogP contribution is -2.16. The molecule has 0 radical (unpaired) electrons. The molecule has 33 heavy (non-hydrogen) atoms. The minimum atomic E-state index is -0.0492. The minimum Gasteiger partial charge on any atom is -0.325 e. The molecule has 0 atom stereocenters. The lowest BCUT2D eigenvalue weighted by atomic mass is 10.1. The molecule has 1 N–H and O–H groups in total. The zero-order valence-electron chi connectivity index (χ0n) is 18.7. The zero-order valence-corrected chi connectivity index (χ0v) is 20.3. The Morgan fingerprint density at radius 3 is 2.36 bits per heavy atom. The number of thioether (sulfide) groups is 2. The third-order valence-corrected chi connectivity index (χ3v) is 7.10. The molecule has 0 unspecified atom stereocenters. The summed E-state index contributed by atoms with van der Waals surface area (Å²) in [5, 5.41) is 12.7. The maximum Gasteiger partial charge on any atom is 0.234 e. The topological polar surface area (TPSA) is 59.8 Å². The van der Waals surface area contributed by atoms with Crippen LogP contribution >= 0.6 is 23.5 Å². The summed E-state index contributed by atoms with van der Waals surface area (Å²) in [5.41, 5.74) is 4.11. The Morgan fingerprint density at radius 2 is 1.64 bits per heavy atom. The van der Waals surface area contributed by atoms with Crippen molar-refractivity contribution in [2.75, 3.05) is 11.1 Å². The molecule has 7 heteroatoms. The highest BCUT2D eigenvalue weighted by Crippen LogP contribution is 2.28. The number of nitrogens with one attached hydrogen (secondary N) is 1. The summed E-state index contributed by atoms with van der Waals surface area (Å²) in [6, 6.07) is 26.4. The summed E-state index contributed by atoms with van der Waals surface area (Å²) in [6.45, 7) is 4.11. The lowest BCUT2D eigenvalue weighted by Gasteiger charge is -2.13. The van der Waals surface area contributed by atoms with Crippen LogP contribution in [0.1, 0.15) is 23.9 Å². The fraction of sp³-hybridized carbons (Fsp3) is 0.192. The van der Waals surface area contributed by atoms with E-state index in [1.54, 1.807) is 11.8 Å². The number of hydrogen-bond donors (Lipinski definition) is 1. The summed E-state index contributed by atoms with van der Waals surface area (Å²) >= 11 is 3.11. The standard InChI is InChI=1S/C26H26N4OS2/c1-3-20-12-10-11-19(2)25(20)27-24(31)18-33-26-29-28-23(17-32-22-15-8-5-9-16-22)30(26)21-13-6-4-7-14-21/h4-16H,3,17-18H2,1-2H3,(H,27,31). The Bertz CT molecular complexity index is 1210. The van der Waals surface area contributed by atoms with Crippen LogP contribution in [0.2, 0.25) is 0 Å². The van der Waals surface area contributed by atoms with E-state index >= 15 is 0 Å². The Kier molecular flexibility index (Phi) is 7.86. The largest absolute Gasteiger partial charge is 0.325 e. The summed E-state index contributed by atoms with van der Waals surface area (Å²) in [5.74, 6) is 1.74. The van der Waals surface area contributed by atoms with Crippen LogP contribution in [0.5, 0.6) is 0 Å². The quantitative estimate of drug-likeness (QED) is 0.294. The molecule has 0 saturated carbocycles. The highest BCUT2D eigenvalue weighted by atomic mass is 32.2. The molecule has 4 rings (SSSR count). The summed E-state index contributed by atoms with van der Waals surface area (Å²) in [6.07, 6.45) is 0.870. The van der Waals surface area contributed by atoms with Crippen LogP contribution in [-0.2, 0) is 17.0 Å². The average molecular weight is 475 g/mol. The first-order valence-electron chi connectivity index (χ1n) is 10.8. The predicted molar refractivity (Wildman–Crippen MR) is 137 cm³/mol. The Balaban J connectivity index is 1.50. The molecule has 0 spiro atoms. The van der Waals surface area contributed by atoms with Crippen molar-refractivity contribution >= 4 is 35.1 Å². The number of aromatic nitrogens is 3. The predicted octanol–water partition coefficient (Wildman–Crippen LogP) is 6.16. The van der Waals surface area contributed by atoms with Gasteiger partial charge in [0.1, 0.15) is 5.82 Å². The molecule has 1 aromatic heterocycles. The highest BCUT2D eigenvalue weighted by Gasteiger charge is 2.17. The van der Waals surface area contributed by atoms with Crippen LogP contribution in [0.3, 0.4) is 0 Å². The monoisotopic (exact) mass is 474 g/mol. The third kappa shape index (κ3) is 5.86. The van der Waals surface area contributed by atoms with Gasteiger partial charge in [-0.15, -0.1) is 22.0 Å². The molecular weight excluding hydrogens is 448 g/mol. The van der Waals surface area contributed by atoms with E-state index in [0.29, 0.717) is 10.9 Å². The minimum absolute atomic E-state index is 0.0492. The van der Waals surface area contributed by atoms with Gasteiger partial charge in [0.25, 0.3) is 0 Å². The van der Waals surface area contributed by atoms with Gasteiger partial charge in [-0.2, -0.15) is 0 Å². The molecule has 0 aliphatic carbocycles. The Morgan fingerprint density at radius 1 is 0.909 bits per heavy atom. The normalized spacial score (nSPS) is 10.8. The number of aryl methyl sites for hydroxylation is 2. The van der Waals surface area contributed by atoms with Crippen molar-refractivity contribution in [2.24, 2.45) is 0 Å². The summed E-state index contributed by atoms with van der Waals surface area (Å²) in [4.78, 5) is 14.0. The Hall–Kier alpha value is -3.03. The van der Waals surface area contributed by atoms with Crippen molar-refractivity contribution in [1.29, 1.82) is 0 Å². The maximum absolute atomic E-state index is 12.8. The fourth-order valence-corrected chi connectivity index (χ4v) is 5.10.